The predicted octanol–water partition coefficient (Wildman–Crippen LogP) is 2.72. The third-order valence-corrected chi connectivity index (χ3v) is 2.60. The average molecular weight is 238 g/mol. The average Bonchev–Trinajstić information content (AvgIpc) is 2.41. The van der Waals surface area contributed by atoms with Crippen LogP contribution in [0.15, 0.2) is 59.7 Å². The van der Waals surface area contributed by atoms with Gasteiger partial charge in [-0.1, -0.05) is 18.2 Å². The van der Waals surface area contributed by atoms with E-state index in [-0.39, 0.29) is 5.56 Å². The molecule has 4 nitrogen and oxygen atoms in total. The Bertz CT molecular complexity index is 735. The lowest BCUT2D eigenvalue weighted by Crippen LogP contribution is -2.06. The molecule has 0 fully saturated rings. The maximum atomic E-state index is 11.6. The summed E-state index contributed by atoms with van der Waals surface area (Å²) >= 11 is 0. The van der Waals surface area contributed by atoms with Crippen LogP contribution in [0.4, 0.5) is 0 Å². The lowest BCUT2D eigenvalue weighted by atomic mass is 10.2. The number of fused-ring (bicyclic) bond motifs is 1. The van der Waals surface area contributed by atoms with Crippen LogP contribution in [0.5, 0.6) is 11.5 Å². The van der Waals surface area contributed by atoms with Crippen molar-refractivity contribution in [2.45, 2.75) is 0 Å². The van der Waals surface area contributed by atoms with E-state index in [0.717, 1.165) is 5.75 Å². The van der Waals surface area contributed by atoms with Gasteiger partial charge in [0.25, 0.3) is 5.56 Å². The summed E-state index contributed by atoms with van der Waals surface area (Å²) in [7, 11) is 0. The molecule has 2 aromatic heterocycles. The fourth-order valence-corrected chi connectivity index (χ4v) is 1.77. The molecule has 0 saturated heterocycles. The summed E-state index contributed by atoms with van der Waals surface area (Å²) in [6, 6.07) is 13.0. The van der Waals surface area contributed by atoms with Crippen LogP contribution in [0.1, 0.15) is 0 Å². The Balaban J connectivity index is 2.13. The van der Waals surface area contributed by atoms with E-state index in [0.29, 0.717) is 16.7 Å². The Hall–Kier alpha value is -2.62. The van der Waals surface area contributed by atoms with Gasteiger partial charge >= 0.3 is 0 Å². The smallest absolute Gasteiger partial charge is 0.274 e. The molecule has 3 rings (SSSR count). The van der Waals surface area contributed by atoms with Crippen LogP contribution >= 0.6 is 0 Å². The van der Waals surface area contributed by atoms with Gasteiger partial charge < -0.3 is 9.72 Å². The summed E-state index contributed by atoms with van der Waals surface area (Å²) in [4.78, 5) is 18.3. The first-order valence-electron chi connectivity index (χ1n) is 5.54. The molecule has 0 amide bonds. The molecule has 0 spiro atoms. The van der Waals surface area contributed by atoms with E-state index < -0.39 is 0 Å². The third kappa shape index (κ3) is 1.84. The quantitative estimate of drug-likeness (QED) is 0.746. The first-order chi connectivity index (χ1) is 8.84. The summed E-state index contributed by atoms with van der Waals surface area (Å²) < 4.78 is 5.75. The van der Waals surface area contributed by atoms with Crippen LogP contribution in [0, 0.1) is 0 Å². The molecule has 0 unspecified atom stereocenters. The summed E-state index contributed by atoms with van der Waals surface area (Å²) in [6.45, 7) is 0. The van der Waals surface area contributed by atoms with Crippen molar-refractivity contribution in [3.8, 4) is 11.5 Å². The van der Waals surface area contributed by atoms with Crippen molar-refractivity contribution in [1.29, 1.82) is 0 Å². The second-order valence-electron chi connectivity index (χ2n) is 3.79. The molecule has 3 aromatic rings. The molecule has 4 heteroatoms. The Labute approximate surface area is 103 Å². The van der Waals surface area contributed by atoms with Crippen LogP contribution in [0.2, 0.25) is 0 Å². The van der Waals surface area contributed by atoms with E-state index in [9.17, 15) is 4.79 Å². The summed E-state index contributed by atoms with van der Waals surface area (Å²) in [5.41, 5.74) is 0.164. The molecule has 0 aliphatic heterocycles. The normalized spacial score (nSPS) is 10.4. The van der Waals surface area contributed by atoms with Crippen LogP contribution in [-0.4, -0.2) is 9.97 Å². The van der Waals surface area contributed by atoms with Crippen molar-refractivity contribution < 1.29 is 4.74 Å². The fourth-order valence-electron chi connectivity index (χ4n) is 1.77. The molecule has 0 bridgehead atoms. The van der Waals surface area contributed by atoms with Gasteiger partial charge in [-0.2, -0.15) is 0 Å². The zero-order valence-electron chi connectivity index (χ0n) is 9.46. The van der Waals surface area contributed by atoms with Crippen molar-refractivity contribution in [2.75, 3.05) is 0 Å². The van der Waals surface area contributed by atoms with Crippen molar-refractivity contribution in [3.63, 3.8) is 0 Å². The summed E-state index contributed by atoms with van der Waals surface area (Å²) in [5.74, 6) is 1.35. The number of aromatic amines is 1. The number of H-pyrrole nitrogens is 1. The number of hydrogen-bond acceptors (Lipinski definition) is 3. The van der Waals surface area contributed by atoms with E-state index in [4.69, 9.17) is 4.74 Å². The maximum Gasteiger partial charge on any atom is 0.274 e. The fraction of sp³-hybridized carbons (Fsp3) is 0. The Morgan fingerprint density at radius 1 is 1.06 bits per heavy atom. The van der Waals surface area contributed by atoms with Crippen molar-refractivity contribution in [2.24, 2.45) is 0 Å². The number of ether oxygens (including phenoxy) is 1. The number of aromatic nitrogens is 2. The van der Waals surface area contributed by atoms with Gasteiger partial charge in [-0.25, -0.2) is 0 Å². The number of benzene rings is 1. The predicted molar refractivity (Wildman–Crippen MR) is 68.9 cm³/mol. The monoisotopic (exact) mass is 238 g/mol. The highest BCUT2D eigenvalue weighted by atomic mass is 16.5. The molecule has 2 heterocycles. The van der Waals surface area contributed by atoms with Crippen LogP contribution in [0.25, 0.3) is 10.9 Å². The Morgan fingerprint density at radius 3 is 2.72 bits per heavy atom. The molecule has 0 saturated carbocycles. The zero-order valence-corrected chi connectivity index (χ0v) is 9.46. The van der Waals surface area contributed by atoms with Crippen molar-refractivity contribution >= 4 is 10.9 Å². The van der Waals surface area contributed by atoms with E-state index >= 15 is 0 Å². The van der Waals surface area contributed by atoms with Gasteiger partial charge in [0, 0.05) is 12.4 Å². The van der Waals surface area contributed by atoms with Crippen LogP contribution in [0.3, 0.4) is 0 Å². The zero-order chi connectivity index (χ0) is 12.4. The van der Waals surface area contributed by atoms with E-state index in [1.165, 1.54) is 0 Å². The lowest BCUT2D eigenvalue weighted by Gasteiger charge is -2.07. The lowest BCUT2D eigenvalue weighted by molar-refractivity contribution is 0.488. The van der Waals surface area contributed by atoms with Crippen LogP contribution < -0.4 is 10.3 Å². The molecule has 0 aliphatic rings. The largest absolute Gasteiger partial charge is 0.457 e. The maximum absolute atomic E-state index is 11.6. The topological polar surface area (TPSA) is 55.0 Å². The van der Waals surface area contributed by atoms with Gasteiger partial charge in [-0.05, 0) is 24.3 Å². The van der Waals surface area contributed by atoms with E-state index in [1.807, 2.05) is 30.3 Å². The SMILES string of the molecule is O=c1[nH]ccc2c(Oc3ccccc3)ccnc12. The highest BCUT2D eigenvalue weighted by Crippen LogP contribution is 2.26. The highest BCUT2D eigenvalue weighted by Gasteiger charge is 2.06. The number of hydrogen-bond donors (Lipinski definition) is 1. The summed E-state index contributed by atoms with van der Waals surface area (Å²) in [5, 5.41) is 0.699. The molecule has 0 radical (unpaired) electrons. The minimum absolute atomic E-state index is 0.217. The molecule has 0 atom stereocenters. The molecule has 1 N–H and O–H groups in total. The van der Waals surface area contributed by atoms with Crippen molar-refractivity contribution in [1.82, 2.24) is 9.97 Å². The van der Waals surface area contributed by atoms with Gasteiger partial charge in [0.05, 0.1) is 5.39 Å². The third-order valence-electron chi connectivity index (χ3n) is 2.60. The van der Waals surface area contributed by atoms with Gasteiger partial charge in [0.15, 0.2) is 0 Å². The van der Waals surface area contributed by atoms with Gasteiger partial charge in [0.2, 0.25) is 0 Å². The number of para-hydroxylation sites is 1. The van der Waals surface area contributed by atoms with E-state index in [2.05, 4.69) is 9.97 Å². The van der Waals surface area contributed by atoms with Gasteiger partial charge in [-0.15, -0.1) is 0 Å². The van der Waals surface area contributed by atoms with Crippen molar-refractivity contribution in [3.05, 3.63) is 65.2 Å². The number of nitrogens with zero attached hydrogens (tertiary/aromatic N) is 1. The number of nitrogens with one attached hydrogen (secondary N) is 1. The minimum Gasteiger partial charge on any atom is -0.457 e. The van der Waals surface area contributed by atoms with Gasteiger partial charge in [0.1, 0.15) is 17.0 Å². The van der Waals surface area contributed by atoms with E-state index in [1.54, 1.807) is 24.5 Å². The molecule has 1 aromatic carbocycles. The van der Waals surface area contributed by atoms with Gasteiger partial charge in [-0.3, -0.25) is 9.78 Å². The second kappa shape index (κ2) is 4.33. The standard InChI is InChI=1S/C14H10N2O2/c17-14-13-11(6-8-16-14)12(7-9-15-13)18-10-4-2-1-3-5-10/h1-9H,(H,16,17). The summed E-state index contributed by atoms with van der Waals surface area (Å²) in [6.07, 6.45) is 3.15. The first kappa shape index (κ1) is 10.5. The van der Waals surface area contributed by atoms with Crippen LogP contribution in [-0.2, 0) is 0 Å². The Morgan fingerprint density at radius 2 is 1.89 bits per heavy atom. The molecule has 0 aliphatic carbocycles. The molecule has 18 heavy (non-hydrogen) atoms. The molecular weight excluding hydrogens is 228 g/mol. The molecular formula is C14H10N2O2. The minimum atomic E-state index is -0.217. The highest BCUT2D eigenvalue weighted by molar-refractivity contribution is 5.83. The first-order valence-corrected chi connectivity index (χ1v) is 5.54. The Kier molecular flexibility index (Phi) is 2.53. The number of pyridine rings is 2. The number of rotatable bonds is 2. The second-order valence-corrected chi connectivity index (χ2v) is 3.79. The molecule has 88 valence electrons.